The predicted molar refractivity (Wildman–Crippen MR) is 81.8 cm³/mol. The molecule has 2 aromatic heterocycles. The Kier molecular flexibility index (Phi) is 3.16. The van der Waals surface area contributed by atoms with Gasteiger partial charge in [0, 0.05) is 16.7 Å². The van der Waals surface area contributed by atoms with Gasteiger partial charge in [-0.3, -0.25) is 0 Å². The SMILES string of the molecule is CC1(c2noc(Cc3csc(C4CCS(=O)(=O)C4)n3)n2)CC1. The van der Waals surface area contributed by atoms with Crippen LogP contribution in [0.2, 0.25) is 0 Å². The van der Waals surface area contributed by atoms with E-state index >= 15 is 0 Å². The van der Waals surface area contributed by atoms with Gasteiger partial charge in [-0.1, -0.05) is 12.1 Å². The third kappa shape index (κ3) is 2.69. The Balaban J connectivity index is 1.47. The molecule has 8 heteroatoms. The van der Waals surface area contributed by atoms with Gasteiger partial charge in [0.1, 0.15) is 0 Å². The molecule has 118 valence electrons. The number of rotatable bonds is 4. The van der Waals surface area contributed by atoms with E-state index in [0.29, 0.717) is 18.7 Å². The molecule has 1 unspecified atom stereocenters. The van der Waals surface area contributed by atoms with Crippen molar-refractivity contribution in [3.8, 4) is 0 Å². The van der Waals surface area contributed by atoms with Crippen molar-refractivity contribution in [2.45, 2.75) is 43.9 Å². The number of nitrogens with zero attached hydrogens (tertiary/aromatic N) is 3. The molecule has 1 aliphatic heterocycles. The summed E-state index contributed by atoms with van der Waals surface area (Å²) in [6.45, 7) is 2.14. The first-order valence-corrected chi connectivity index (χ1v) is 10.1. The van der Waals surface area contributed by atoms with Crippen molar-refractivity contribution < 1.29 is 12.9 Å². The van der Waals surface area contributed by atoms with Gasteiger partial charge >= 0.3 is 0 Å². The van der Waals surface area contributed by atoms with E-state index in [4.69, 9.17) is 4.52 Å². The van der Waals surface area contributed by atoms with Crippen LogP contribution in [0, 0.1) is 0 Å². The number of thiazole rings is 1. The van der Waals surface area contributed by atoms with Crippen LogP contribution in [-0.4, -0.2) is 35.0 Å². The second kappa shape index (κ2) is 4.86. The molecule has 4 rings (SSSR count). The van der Waals surface area contributed by atoms with E-state index in [0.717, 1.165) is 29.4 Å². The lowest BCUT2D eigenvalue weighted by atomic mass is 10.1. The molecule has 0 radical (unpaired) electrons. The fourth-order valence-corrected chi connectivity index (χ4v) is 5.53. The highest BCUT2D eigenvalue weighted by Crippen LogP contribution is 2.46. The second-order valence-corrected chi connectivity index (χ2v) is 9.64. The fraction of sp³-hybridized carbons (Fsp3) is 0.643. The average molecular weight is 339 g/mol. The molecule has 0 N–H and O–H groups in total. The zero-order chi connectivity index (χ0) is 15.4. The summed E-state index contributed by atoms with van der Waals surface area (Å²) in [6, 6.07) is 0. The summed E-state index contributed by atoms with van der Waals surface area (Å²) in [5.41, 5.74) is 0.980. The summed E-state index contributed by atoms with van der Waals surface area (Å²) in [5.74, 6) is 1.92. The standard InChI is InChI=1S/C14H17N3O3S2/c1-14(3-4-14)13-16-11(20-17-13)6-10-7-21-12(15-10)9-2-5-22(18,19)8-9/h7,9H,2-6,8H2,1H3. The Morgan fingerprint density at radius 1 is 1.41 bits per heavy atom. The van der Waals surface area contributed by atoms with Gasteiger partial charge < -0.3 is 4.52 Å². The highest BCUT2D eigenvalue weighted by Gasteiger charge is 2.43. The van der Waals surface area contributed by atoms with E-state index in [1.54, 1.807) is 0 Å². The van der Waals surface area contributed by atoms with E-state index in [1.807, 2.05) is 5.38 Å². The van der Waals surface area contributed by atoms with Gasteiger partial charge in [0.05, 0.1) is 28.6 Å². The van der Waals surface area contributed by atoms with Crippen LogP contribution >= 0.6 is 11.3 Å². The number of hydrogen-bond acceptors (Lipinski definition) is 7. The lowest BCUT2D eigenvalue weighted by Crippen LogP contribution is -2.04. The molecule has 1 saturated carbocycles. The fourth-order valence-electron chi connectivity index (χ4n) is 2.72. The Hall–Kier alpha value is -1.28. The Bertz CT molecular complexity index is 805. The number of hydrogen-bond donors (Lipinski definition) is 0. The molecule has 1 atom stereocenters. The van der Waals surface area contributed by atoms with Crippen LogP contribution in [0.15, 0.2) is 9.90 Å². The van der Waals surface area contributed by atoms with Crippen molar-refractivity contribution in [1.82, 2.24) is 15.1 Å². The first-order chi connectivity index (χ1) is 10.4. The first kappa shape index (κ1) is 14.3. The summed E-state index contributed by atoms with van der Waals surface area (Å²) in [5, 5.41) is 6.93. The minimum absolute atomic E-state index is 0.0485. The van der Waals surface area contributed by atoms with Crippen LogP contribution in [0.1, 0.15) is 54.5 Å². The van der Waals surface area contributed by atoms with Gasteiger partial charge in [-0.15, -0.1) is 11.3 Å². The van der Waals surface area contributed by atoms with Crippen molar-refractivity contribution in [2.75, 3.05) is 11.5 Å². The van der Waals surface area contributed by atoms with E-state index in [1.165, 1.54) is 11.3 Å². The molecule has 6 nitrogen and oxygen atoms in total. The van der Waals surface area contributed by atoms with Gasteiger partial charge in [0.15, 0.2) is 15.7 Å². The highest BCUT2D eigenvalue weighted by molar-refractivity contribution is 7.91. The largest absolute Gasteiger partial charge is 0.339 e. The quantitative estimate of drug-likeness (QED) is 0.847. The summed E-state index contributed by atoms with van der Waals surface area (Å²) >= 11 is 1.53. The van der Waals surface area contributed by atoms with Crippen molar-refractivity contribution in [3.63, 3.8) is 0 Å². The number of sulfone groups is 1. The molecule has 2 aromatic rings. The van der Waals surface area contributed by atoms with E-state index in [9.17, 15) is 8.42 Å². The monoisotopic (exact) mass is 339 g/mol. The molecule has 22 heavy (non-hydrogen) atoms. The minimum atomic E-state index is -2.87. The highest BCUT2D eigenvalue weighted by atomic mass is 32.2. The maximum absolute atomic E-state index is 11.6. The normalized spacial score (nSPS) is 25.4. The minimum Gasteiger partial charge on any atom is -0.339 e. The van der Waals surface area contributed by atoms with Crippen molar-refractivity contribution in [2.24, 2.45) is 0 Å². The molecule has 0 bridgehead atoms. The Morgan fingerprint density at radius 2 is 2.23 bits per heavy atom. The van der Waals surface area contributed by atoms with Crippen molar-refractivity contribution >= 4 is 21.2 Å². The van der Waals surface area contributed by atoms with Gasteiger partial charge in [-0.2, -0.15) is 4.98 Å². The Labute approximate surface area is 132 Å². The van der Waals surface area contributed by atoms with E-state index in [-0.39, 0.29) is 22.8 Å². The molecule has 0 amide bonds. The van der Waals surface area contributed by atoms with Crippen molar-refractivity contribution in [3.05, 3.63) is 27.8 Å². The third-order valence-corrected chi connectivity index (χ3v) is 7.32. The van der Waals surface area contributed by atoms with Gasteiger partial charge in [-0.25, -0.2) is 13.4 Å². The molecule has 2 aliphatic rings. The predicted octanol–water partition coefficient (Wildman–Crippen LogP) is 2.07. The lowest BCUT2D eigenvalue weighted by Gasteiger charge is -2.01. The van der Waals surface area contributed by atoms with Crippen LogP contribution in [0.25, 0.3) is 0 Å². The number of aromatic nitrogens is 3. The summed E-state index contributed by atoms with van der Waals surface area (Å²) in [4.78, 5) is 9.03. The topological polar surface area (TPSA) is 86.0 Å². The molecule has 2 fully saturated rings. The van der Waals surface area contributed by atoms with Crippen molar-refractivity contribution in [1.29, 1.82) is 0 Å². The van der Waals surface area contributed by atoms with Gasteiger partial charge in [0.25, 0.3) is 0 Å². The average Bonchev–Trinajstić information content (AvgIpc) is 2.91. The lowest BCUT2D eigenvalue weighted by molar-refractivity contribution is 0.375. The van der Waals surface area contributed by atoms with Gasteiger partial charge in [-0.05, 0) is 19.3 Å². The molecule has 1 aliphatic carbocycles. The van der Waals surface area contributed by atoms with Crippen LogP contribution in [-0.2, 0) is 21.7 Å². The molecular formula is C14H17N3O3S2. The van der Waals surface area contributed by atoms with Gasteiger partial charge in [0.2, 0.25) is 5.89 Å². The van der Waals surface area contributed by atoms with E-state index in [2.05, 4.69) is 22.0 Å². The third-order valence-electron chi connectivity index (χ3n) is 4.49. The maximum atomic E-state index is 11.6. The van der Waals surface area contributed by atoms with E-state index < -0.39 is 9.84 Å². The molecule has 0 spiro atoms. The molecule has 3 heterocycles. The van der Waals surface area contributed by atoms with Crippen LogP contribution < -0.4 is 0 Å². The molecule has 0 aromatic carbocycles. The molecule has 1 saturated heterocycles. The zero-order valence-electron chi connectivity index (χ0n) is 12.3. The zero-order valence-corrected chi connectivity index (χ0v) is 13.9. The maximum Gasteiger partial charge on any atom is 0.232 e. The molecular weight excluding hydrogens is 322 g/mol. The van der Waals surface area contributed by atoms with Crippen LogP contribution in [0.5, 0.6) is 0 Å². The van der Waals surface area contributed by atoms with Crippen LogP contribution in [0.3, 0.4) is 0 Å². The first-order valence-electron chi connectivity index (χ1n) is 7.41. The van der Waals surface area contributed by atoms with Crippen LogP contribution in [0.4, 0.5) is 0 Å². The summed E-state index contributed by atoms with van der Waals surface area (Å²) in [7, 11) is -2.87. The summed E-state index contributed by atoms with van der Waals surface area (Å²) in [6.07, 6.45) is 3.42. The Morgan fingerprint density at radius 3 is 2.91 bits per heavy atom. The summed E-state index contributed by atoms with van der Waals surface area (Å²) < 4.78 is 28.4. The smallest absolute Gasteiger partial charge is 0.232 e. The second-order valence-electron chi connectivity index (χ2n) is 6.53.